The molecule has 2 heterocycles. The molecule has 4 aromatic rings. The molecule has 0 amide bonds. The highest BCUT2D eigenvalue weighted by atomic mass is 32.2. The van der Waals surface area contributed by atoms with Crippen molar-refractivity contribution >= 4 is 22.7 Å². The summed E-state index contributed by atoms with van der Waals surface area (Å²) in [5.74, 6) is 3.15. The van der Waals surface area contributed by atoms with Crippen LogP contribution >= 0.6 is 11.8 Å². The van der Waals surface area contributed by atoms with Crippen LogP contribution in [0.1, 0.15) is 91.8 Å². The maximum atomic E-state index is 5.40. The Hall–Kier alpha value is -2.59. The summed E-state index contributed by atoms with van der Waals surface area (Å²) in [6, 6.07) is 18.1. The number of thioether (sulfide) groups is 1. The highest BCUT2D eigenvalue weighted by Gasteiger charge is 2.18. The van der Waals surface area contributed by atoms with E-state index >= 15 is 0 Å². The second-order valence-corrected chi connectivity index (χ2v) is 11.1. The fourth-order valence-corrected chi connectivity index (χ4v) is 5.58. The Balaban J connectivity index is 1.59. The minimum Gasteiger partial charge on any atom is -0.361 e. The number of nitrogens with zero attached hydrogens (tertiary/aromatic N) is 2. The van der Waals surface area contributed by atoms with Gasteiger partial charge in [-0.15, -0.1) is 11.8 Å². The number of rotatable bonds is 8. The molecule has 2 aromatic carbocycles. The van der Waals surface area contributed by atoms with Crippen molar-refractivity contribution < 1.29 is 4.52 Å². The summed E-state index contributed by atoms with van der Waals surface area (Å²) in [5, 5.41) is 5.40. The molecule has 0 saturated heterocycles. The molecular formula is C30H36N2OS. The number of hydrogen-bond donors (Lipinski definition) is 0. The minimum absolute atomic E-state index is 0.348. The quantitative estimate of drug-likeness (QED) is 0.240. The van der Waals surface area contributed by atoms with Gasteiger partial charge in [-0.25, -0.2) is 0 Å². The average Bonchev–Trinajstić information content (AvgIpc) is 3.15. The normalized spacial score (nSPS) is 12.7. The van der Waals surface area contributed by atoms with Gasteiger partial charge >= 0.3 is 0 Å². The Labute approximate surface area is 208 Å². The van der Waals surface area contributed by atoms with E-state index in [0.29, 0.717) is 17.8 Å². The summed E-state index contributed by atoms with van der Waals surface area (Å²) >= 11 is 1.86. The fourth-order valence-electron chi connectivity index (χ4n) is 4.79. The summed E-state index contributed by atoms with van der Waals surface area (Å²) in [5.41, 5.74) is 8.52. The lowest BCUT2D eigenvalue weighted by atomic mass is 9.91. The summed E-state index contributed by atoms with van der Waals surface area (Å²) in [6.45, 7) is 15.3. The van der Waals surface area contributed by atoms with Crippen LogP contribution in [0.15, 0.2) is 57.9 Å². The van der Waals surface area contributed by atoms with E-state index in [1.807, 2.05) is 25.6 Å². The Bertz CT molecular complexity index is 1250. The lowest BCUT2D eigenvalue weighted by molar-refractivity contribution is 0.391. The first kappa shape index (κ1) is 24.5. The molecule has 0 aliphatic heterocycles. The molecule has 0 radical (unpaired) electrons. The molecule has 3 nitrogen and oxygen atoms in total. The SMILES string of the molecule is Cc1noc(C)c1C(C)Cc1ccc2c(C(C)C)cc(CSc3ccc(C(C)C)cc3)nc2c1. The van der Waals surface area contributed by atoms with E-state index in [1.54, 1.807) is 0 Å². The Kier molecular flexibility index (Phi) is 7.47. The molecule has 0 aliphatic carbocycles. The smallest absolute Gasteiger partial charge is 0.137 e. The summed E-state index contributed by atoms with van der Waals surface area (Å²) in [4.78, 5) is 6.38. The van der Waals surface area contributed by atoms with E-state index in [4.69, 9.17) is 9.51 Å². The maximum absolute atomic E-state index is 5.40. The number of aryl methyl sites for hydroxylation is 2. The second kappa shape index (κ2) is 10.4. The molecule has 1 unspecified atom stereocenters. The molecule has 1 atom stereocenters. The van der Waals surface area contributed by atoms with Gasteiger partial charge in [-0.05, 0) is 79.0 Å². The molecule has 4 rings (SSSR count). The third kappa shape index (κ3) is 5.38. The molecule has 4 heteroatoms. The monoisotopic (exact) mass is 472 g/mol. The largest absolute Gasteiger partial charge is 0.361 e. The molecule has 0 saturated carbocycles. The standard InChI is InChI=1S/C30H36N2OS/c1-18(2)24-9-11-26(12-10-24)34-17-25-16-28(19(3)4)27-13-8-23(15-29(27)31-25)14-20(5)30-21(6)32-33-22(30)7/h8-13,15-16,18-20H,14,17H2,1-7H3. The number of aromatic nitrogens is 2. The number of fused-ring (bicyclic) bond motifs is 1. The summed E-state index contributed by atoms with van der Waals surface area (Å²) in [6.07, 6.45) is 0.943. The third-order valence-electron chi connectivity index (χ3n) is 6.64. The topological polar surface area (TPSA) is 38.9 Å². The molecule has 2 aromatic heterocycles. The van der Waals surface area contributed by atoms with Crippen LogP contribution in [0.3, 0.4) is 0 Å². The zero-order valence-corrected chi connectivity index (χ0v) is 22.3. The van der Waals surface area contributed by atoms with Gasteiger partial charge in [0.25, 0.3) is 0 Å². The van der Waals surface area contributed by atoms with Gasteiger partial charge in [0.1, 0.15) is 5.76 Å². The van der Waals surface area contributed by atoms with Gasteiger partial charge in [0, 0.05) is 21.6 Å². The molecule has 178 valence electrons. The third-order valence-corrected chi connectivity index (χ3v) is 7.68. The molecule has 34 heavy (non-hydrogen) atoms. The van der Waals surface area contributed by atoms with Crippen LogP contribution < -0.4 is 0 Å². The highest BCUT2D eigenvalue weighted by Crippen LogP contribution is 2.32. The zero-order chi connectivity index (χ0) is 24.4. The Morgan fingerprint density at radius 3 is 2.24 bits per heavy atom. The predicted molar refractivity (Wildman–Crippen MR) is 144 cm³/mol. The lowest BCUT2D eigenvalue weighted by Gasteiger charge is -2.15. The summed E-state index contributed by atoms with van der Waals surface area (Å²) in [7, 11) is 0. The highest BCUT2D eigenvalue weighted by molar-refractivity contribution is 7.98. The van der Waals surface area contributed by atoms with E-state index in [-0.39, 0.29) is 0 Å². The molecule has 0 fully saturated rings. The van der Waals surface area contributed by atoms with Gasteiger partial charge in [0.15, 0.2) is 0 Å². The van der Waals surface area contributed by atoms with Crippen LogP contribution in [0.25, 0.3) is 10.9 Å². The van der Waals surface area contributed by atoms with Crippen molar-refractivity contribution in [1.29, 1.82) is 0 Å². The number of hydrogen-bond acceptors (Lipinski definition) is 4. The minimum atomic E-state index is 0.348. The Morgan fingerprint density at radius 2 is 1.62 bits per heavy atom. The van der Waals surface area contributed by atoms with E-state index in [9.17, 15) is 0 Å². The van der Waals surface area contributed by atoms with E-state index < -0.39 is 0 Å². The lowest BCUT2D eigenvalue weighted by Crippen LogP contribution is -2.02. The second-order valence-electron chi connectivity index (χ2n) is 10.1. The van der Waals surface area contributed by atoms with Crippen molar-refractivity contribution in [3.63, 3.8) is 0 Å². The first-order chi connectivity index (χ1) is 16.2. The van der Waals surface area contributed by atoms with Crippen molar-refractivity contribution in [1.82, 2.24) is 10.1 Å². The van der Waals surface area contributed by atoms with Crippen molar-refractivity contribution in [2.75, 3.05) is 0 Å². The van der Waals surface area contributed by atoms with Crippen LogP contribution in [0.5, 0.6) is 0 Å². The van der Waals surface area contributed by atoms with Crippen molar-refractivity contribution in [3.8, 4) is 0 Å². The molecular weight excluding hydrogens is 436 g/mol. The Morgan fingerprint density at radius 1 is 0.882 bits per heavy atom. The van der Waals surface area contributed by atoms with Gasteiger partial charge < -0.3 is 4.52 Å². The van der Waals surface area contributed by atoms with Gasteiger partial charge in [0.2, 0.25) is 0 Å². The van der Waals surface area contributed by atoms with Crippen molar-refractivity contribution in [2.45, 2.75) is 83.3 Å². The van der Waals surface area contributed by atoms with Crippen LogP contribution in [0, 0.1) is 13.8 Å². The van der Waals surface area contributed by atoms with Gasteiger partial charge in [-0.1, -0.05) is 64.0 Å². The van der Waals surface area contributed by atoms with Crippen LogP contribution in [0.4, 0.5) is 0 Å². The first-order valence-electron chi connectivity index (χ1n) is 12.3. The predicted octanol–water partition coefficient (Wildman–Crippen LogP) is 8.72. The molecule has 0 aliphatic rings. The van der Waals surface area contributed by atoms with Crippen LogP contribution in [-0.2, 0) is 12.2 Å². The molecule has 0 spiro atoms. The number of benzene rings is 2. The van der Waals surface area contributed by atoms with Crippen LogP contribution in [0.2, 0.25) is 0 Å². The average molecular weight is 473 g/mol. The van der Waals surface area contributed by atoms with Gasteiger partial charge in [-0.2, -0.15) is 0 Å². The molecule has 0 bridgehead atoms. The van der Waals surface area contributed by atoms with E-state index in [1.165, 1.54) is 32.5 Å². The zero-order valence-electron chi connectivity index (χ0n) is 21.5. The van der Waals surface area contributed by atoms with Crippen molar-refractivity contribution in [2.24, 2.45) is 0 Å². The van der Waals surface area contributed by atoms with Crippen LogP contribution in [-0.4, -0.2) is 10.1 Å². The van der Waals surface area contributed by atoms with Crippen molar-refractivity contribution in [3.05, 3.63) is 87.9 Å². The number of pyridine rings is 1. The summed E-state index contributed by atoms with van der Waals surface area (Å²) < 4.78 is 5.40. The maximum Gasteiger partial charge on any atom is 0.137 e. The first-order valence-corrected chi connectivity index (χ1v) is 13.3. The van der Waals surface area contributed by atoms with Gasteiger partial charge in [-0.3, -0.25) is 4.98 Å². The van der Waals surface area contributed by atoms with E-state index in [0.717, 1.165) is 34.8 Å². The fraction of sp³-hybridized carbons (Fsp3) is 0.400. The molecule has 0 N–H and O–H groups in total. The van der Waals surface area contributed by atoms with Gasteiger partial charge in [0.05, 0.1) is 16.9 Å². The van der Waals surface area contributed by atoms with E-state index in [2.05, 4.69) is 88.3 Å².